The highest BCUT2D eigenvalue weighted by atomic mass is 79.9. The normalized spacial score (nSPS) is 11.9. The van der Waals surface area contributed by atoms with Crippen LogP contribution in [0.5, 0.6) is 5.75 Å². The molecule has 0 saturated heterocycles. The van der Waals surface area contributed by atoms with Gasteiger partial charge >= 0.3 is 0 Å². The second kappa shape index (κ2) is 13.6. The first-order chi connectivity index (χ1) is 18.6. The summed E-state index contributed by atoms with van der Waals surface area (Å²) in [5.74, 6) is -0.244. The summed E-state index contributed by atoms with van der Waals surface area (Å²) in [6.45, 7) is 7.77. The van der Waals surface area contributed by atoms with Crippen molar-refractivity contribution in [2.45, 2.75) is 45.2 Å². The number of ether oxygens (including phenoxy) is 1. The molecule has 0 aliphatic rings. The lowest BCUT2D eigenvalue weighted by molar-refractivity contribution is -0.139. The van der Waals surface area contributed by atoms with Gasteiger partial charge in [0.15, 0.2) is 0 Å². The van der Waals surface area contributed by atoms with Gasteiger partial charge in [-0.3, -0.25) is 13.9 Å². The summed E-state index contributed by atoms with van der Waals surface area (Å²) in [6.07, 6.45) is 0. The molecule has 0 aliphatic carbocycles. The van der Waals surface area contributed by atoms with Gasteiger partial charge in [-0.2, -0.15) is 0 Å². The van der Waals surface area contributed by atoms with E-state index in [4.69, 9.17) is 4.74 Å². The van der Waals surface area contributed by atoms with Crippen LogP contribution in [0.4, 0.5) is 5.69 Å². The Morgan fingerprint density at radius 2 is 1.67 bits per heavy atom. The molecule has 1 atom stereocenters. The van der Waals surface area contributed by atoms with Crippen molar-refractivity contribution in [3.63, 3.8) is 0 Å². The van der Waals surface area contributed by atoms with E-state index in [9.17, 15) is 18.0 Å². The number of nitrogens with one attached hydrogen (secondary N) is 1. The van der Waals surface area contributed by atoms with Crippen LogP contribution in [0, 0.1) is 6.92 Å². The van der Waals surface area contributed by atoms with Crippen molar-refractivity contribution < 1.29 is 22.7 Å². The Hall–Kier alpha value is -3.37. The molecule has 0 aliphatic heterocycles. The number of hydrogen-bond donors (Lipinski definition) is 1. The molecule has 39 heavy (non-hydrogen) atoms. The zero-order valence-electron chi connectivity index (χ0n) is 22.6. The van der Waals surface area contributed by atoms with Gasteiger partial charge in [0, 0.05) is 17.6 Å². The van der Waals surface area contributed by atoms with Crippen LogP contribution in [-0.4, -0.2) is 50.9 Å². The lowest BCUT2D eigenvalue weighted by Crippen LogP contribution is -2.51. The number of carbonyl (C=O) groups excluding carboxylic acids is 2. The number of sulfonamides is 1. The maximum absolute atomic E-state index is 13.9. The molecule has 3 aromatic carbocycles. The van der Waals surface area contributed by atoms with Crippen molar-refractivity contribution in [2.24, 2.45) is 0 Å². The van der Waals surface area contributed by atoms with Crippen molar-refractivity contribution in [3.05, 3.63) is 88.4 Å². The summed E-state index contributed by atoms with van der Waals surface area (Å²) in [5, 5.41) is 2.76. The number of anilines is 1. The van der Waals surface area contributed by atoms with E-state index in [0.717, 1.165) is 19.9 Å². The topological polar surface area (TPSA) is 96.0 Å². The minimum atomic E-state index is -4.14. The number of nitrogens with zero attached hydrogens (tertiary/aromatic N) is 2. The molecular weight excluding hydrogens is 582 g/mol. The molecule has 3 aromatic rings. The Labute approximate surface area is 239 Å². The Morgan fingerprint density at radius 1 is 1.00 bits per heavy atom. The Morgan fingerprint density at radius 3 is 2.26 bits per heavy atom. The maximum Gasteiger partial charge on any atom is 0.264 e. The van der Waals surface area contributed by atoms with Gasteiger partial charge in [-0.15, -0.1) is 0 Å². The van der Waals surface area contributed by atoms with Gasteiger partial charge in [0.2, 0.25) is 11.8 Å². The zero-order chi connectivity index (χ0) is 28.6. The van der Waals surface area contributed by atoms with Crippen LogP contribution in [0.2, 0.25) is 0 Å². The molecule has 208 valence electrons. The molecule has 0 unspecified atom stereocenters. The van der Waals surface area contributed by atoms with Gasteiger partial charge < -0.3 is 15.0 Å². The molecule has 0 bridgehead atoms. The summed E-state index contributed by atoms with van der Waals surface area (Å²) in [4.78, 5) is 28.1. The van der Waals surface area contributed by atoms with Crippen molar-refractivity contribution >= 4 is 43.5 Å². The van der Waals surface area contributed by atoms with Gasteiger partial charge in [-0.1, -0.05) is 45.8 Å². The van der Waals surface area contributed by atoms with Crippen molar-refractivity contribution in [1.29, 1.82) is 0 Å². The summed E-state index contributed by atoms with van der Waals surface area (Å²) in [5.41, 5.74) is 2.15. The first-order valence-electron chi connectivity index (χ1n) is 12.7. The number of amides is 2. The summed E-state index contributed by atoms with van der Waals surface area (Å²) < 4.78 is 35.0. The number of rotatable bonds is 12. The quantitative estimate of drug-likeness (QED) is 0.312. The third kappa shape index (κ3) is 7.83. The largest absolute Gasteiger partial charge is 0.494 e. The number of likely N-dealkylation sites (N-methyl/N-ethyl adjacent to an activating group) is 1. The maximum atomic E-state index is 13.9. The predicted octanol–water partition coefficient (Wildman–Crippen LogP) is 4.90. The highest BCUT2D eigenvalue weighted by Gasteiger charge is 2.32. The second-order valence-electron chi connectivity index (χ2n) is 8.97. The molecule has 0 aromatic heterocycles. The molecule has 0 spiro atoms. The van der Waals surface area contributed by atoms with E-state index in [1.54, 1.807) is 50.2 Å². The first kappa shape index (κ1) is 30.2. The van der Waals surface area contributed by atoms with E-state index in [0.29, 0.717) is 24.6 Å². The van der Waals surface area contributed by atoms with Crippen molar-refractivity contribution in [3.8, 4) is 5.75 Å². The van der Waals surface area contributed by atoms with Gasteiger partial charge in [0.25, 0.3) is 10.0 Å². The van der Waals surface area contributed by atoms with Crippen molar-refractivity contribution in [1.82, 2.24) is 10.2 Å². The highest BCUT2D eigenvalue weighted by Crippen LogP contribution is 2.27. The fourth-order valence-electron chi connectivity index (χ4n) is 4.05. The second-order valence-corrected chi connectivity index (χ2v) is 11.8. The Balaban J connectivity index is 2.03. The minimum absolute atomic E-state index is 0.0365. The zero-order valence-corrected chi connectivity index (χ0v) is 25.0. The van der Waals surface area contributed by atoms with Crippen molar-refractivity contribution in [2.75, 3.05) is 24.0 Å². The molecule has 3 rings (SSSR count). The number of hydrogen-bond acceptors (Lipinski definition) is 5. The monoisotopic (exact) mass is 615 g/mol. The average Bonchev–Trinajstić information content (AvgIpc) is 2.91. The van der Waals surface area contributed by atoms with Crippen LogP contribution >= 0.6 is 15.9 Å². The molecule has 1 N–H and O–H groups in total. The molecule has 2 amide bonds. The number of benzene rings is 3. The molecule has 0 radical (unpaired) electrons. The smallest absolute Gasteiger partial charge is 0.264 e. The fraction of sp³-hybridized carbons (Fsp3) is 0.310. The number of halogens is 1. The van der Waals surface area contributed by atoms with E-state index in [1.807, 2.05) is 38.1 Å². The van der Waals surface area contributed by atoms with Gasteiger partial charge in [-0.25, -0.2) is 8.42 Å². The van der Waals surface area contributed by atoms with E-state index in [1.165, 1.54) is 17.0 Å². The molecule has 0 saturated carbocycles. The Bertz CT molecular complexity index is 1380. The van der Waals surface area contributed by atoms with Gasteiger partial charge in [-0.05, 0) is 81.8 Å². The van der Waals surface area contributed by atoms with Crippen LogP contribution in [0.3, 0.4) is 0 Å². The van der Waals surface area contributed by atoms with Crippen LogP contribution in [0.25, 0.3) is 0 Å². The van der Waals surface area contributed by atoms with Crippen LogP contribution in [0.1, 0.15) is 31.9 Å². The van der Waals surface area contributed by atoms with Gasteiger partial charge in [0.05, 0.1) is 17.2 Å². The third-order valence-corrected chi connectivity index (χ3v) is 8.39. The van der Waals surface area contributed by atoms with E-state index in [2.05, 4.69) is 21.2 Å². The third-order valence-electron chi connectivity index (χ3n) is 6.07. The summed E-state index contributed by atoms with van der Waals surface area (Å²) in [7, 11) is -4.14. The molecule has 0 heterocycles. The number of aryl methyl sites for hydroxylation is 1. The standard InChI is InChI=1S/C29H34BrN3O5S/c1-5-31-29(35)22(4)32(19-23-9-7-8-21(3)18-23)28(34)20-33(25-12-14-26(15-13-25)38-6-2)39(36,37)27-16-10-24(30)11-17-27/h7-18,22H,5-6,19-20H2,1-4H3,(H,31,35)/t22-/m0/s1. The minimum Gasteiger partial charge on any atom is -0.494 e. The molecule has 8 nitrogen and oxygen atoms in total. The van der Waals surface area contributed by atoms with E-state index >= 15 is 0 Å². The molecule has 10 heteroatoms. The SMILES string of the molecule is CCNC(=O)[C@H](C)N(Cc1cccc(C)c1)C(=O)CN(c1ccc(OCC)cc1)S(=O)(=O)c1ccc(Br)cc1. The van der Waals surface area contributed by atoms with Crippen LogP contribution in [-0.2, 0) is 26.2 Å². The molecular formula is C29H34BrN3O5S. The lowest BCUT2D eigenvalue weighted by atomic mass is 10.1. The van der Waals surface area contributed by atoms with Crippen LogP contribution < -0.4 is 14.4 Å². The van der Waals surface area contributed by atoms with E-state index in [-0.39, 0.29) is 17.3 Å². The molecule has 0 fully saturated rings. The average molecular weight is 617 g/mol. The van der Waals surface area contributed by atoms with E-state index < -0.39 is 28.5 Å². The number of carbonyl (C=O) groups is 2. The van der Waals surface area contributed by atoms with Crippen LogP contribution in [0.15, 0.2) is 82.2 Å². The summed E-state index contributed by atoms with van der Waals surface area (Å²) >= 11 is 3.33. The van der Waals surface area contributed by atoms with Gasteiger partial charge in [0.1, 0.15) is 18.3 Å². The highest BCUT2D eigenvalue weighted by molar-refractivity contribution is 9.10. The summed E-state index contributed by atoms with van der Waals surface area (Å²) in [6, 6.07) is 19.6. The lowest BCUT2D eigenvalue weighted by Gasteiger charge is -2.32. The predicted molar refractivity (Wildman–Crippen MR) is 156 cm³/mol. The Kier molecular flexibility index (Phi) is 10.5. The fourth-order valence-corrected chi connectivity index (χ4v) is 5.73. The first-order valence-corrected chi connectivity index (χ1v) is 14.9.